The molecule has 2 aromatic rings. The highest BCUT2D eigenvalue weighted by molar-refractivity contribution is 7.11. The zero-order valence-electron chi connectivity index (χ0n) is 15.9. The number of aryl methyl sites for hydroxylation is 1. The largest absolute Gasteiger partial charge is 0.381 e. The molecule has 0 radical (unpaired) electrons. The summed E-state index contributed by atoms with van der Waals surface area (Å²) in [6, 6.07) is 6.94. The molecule has 0 unspecified atom stereocenters. The first-order valence-electron chi connectivity index (χ1n) is 9.38. The second kappa shape index (κ2) is 9.28. The van der Waals surface area contributed by atoms with E-state index in [1.54, 1.807) is 23.5 Å². The highest BCUT2D eigenvalue weighted by atomic mass is 32.1. The van der Waals surface area contributed by atoms with Crippen LogP contribution in [0.2, 0.25) is 0 Å². The maximum absolute atomic E-state index is 13.8. The van der Waals surface area contributed by atoms with Crippen molar-refractivity contribution in [1.82, 2.24) is 15.6 Å². The molecule has 1 saturated heterocycles. The Morgan fingerprint density at radius 3 is 2.81 bits per heavy atom. The van der Waals surface area contributed by atoms with Crippen molar-refractivity contribution in [3.63, 3.8) is 0 Å². The van der Waals surface area contributed by atoms with Gasteiger partial charge in [0.2, 0.25) is 0 Å². The average Bonchev–Trinajstić information content (AvgIpc) is 3.10. The Morgan fingerprint density at radius 2 is 2.15 bits per heavy atom. The Bertz CT molecular complexity index is 771. The Kier molecular flexibility index (Phi) is 6.79. The fourth-order valence-electron chi connectivity index (χ4n) is 3.36. The van der Waals surface area contributed by atoms with E-state index in [2.05, 4.69) is 20.6 Å². The maximum Gasteiger partial charge on any atom is 0.191 e. The van der Waals surface area contributed by atoms with Crippen LogP contribution >= 0.6 is 11.3 Å². The second-order valence-electron chi connectivity index (χ2n) is 6.82. The third-order valence-corrected chi connectivity index (χ3v) is 5.76. The summed E-state index contributed by atoms with van der Waals surface area (Å²) in [6.07, 6.45) is 3.58. The van der Waals surface area contributed by atoms with Gasteiger partial charge in [-0.25, -0.2) is 14.4 Å². The molecule has 0 spiro atoms. The zero-order valence-corrected chi connectivity index (χ0v) is 16.7. The van der Waals surface area contributed by atoms with Crippen LogP contribution in [0.3, 0.4) is 0 Å². The van der Waals surface area contributed by atoms with E-state index in [-0.39, 0.29) is 11.2 Å². The number of hydrogen-bond donors (Lipinski definition) is 2. The molecule has 1 aliphatic heterocycles. The van der Waals surface area contributed by atoms with Gasteiger partial charge in [0.1, 0.15) is 10.8 Å². The molecule has 7 heteroatoms. The third kappa shape index (κ3) is 5.26. The number of rotatable bonds is 6. The van der Waals surface area contributed by atoms with Gasteiger partial charge in [-0.15, -0.1) is 11.3 Å². The lowest BCUT2D eigenvalue weighted by Crippen LogP contribution is -2.48. The van der Waals surface area contributed by atoms with Gasteiger partial charge >= 0.3 is 0 Å². The normalized spacial score (nSPS) is 16.9. The van der Waals surface area contributed by atoms with E-state index in [4.69, 9.17) is 4.74 Å². The van der Waals surface area contributed by atoms with Crippen LogP contribution in [-0.4, -0.2) is 37.2 Å². The molecule has 0 aliphatic carbocycles. The van der Waals surface area contributed by atoms with Crippen LogP contribution in [0.4, 0.5) is 4.39 Å². The molecular weight excluding hydrogens is 363 g/mol. The van der Waals surface area contributed by atoms with Crippen LogP contribution in [-0.2, 0) is 16.7 Å². The zero-order chi connectivity index (χ0) is 19.1. The summed E-state index contributed by atoms with van der Waals surface area (Å²) in [5.74, 6) is 0.561. The first kappa shape index (κ1) is 19.8. The van der Waals surface area contributed by atoms with Gasteiger partial charge in [-0.3, -0.25) is 0 Å². The van der Waals surface area contributed by atoms with E-state index in [1.165, 1.54) is 10.9 Å². The van der Waals surface area contributed by atoms with Gasteiger partial charge in [0.25, 0.3) is 0 Å². The molecule has 2 heterocycles. The number of thiazole rings is 1. The molecular formula is C20H27FN4OS. The average molecular weight is 391 g/mol. The molecule has 1 aromatic carbocycles. The lowest BCUT2D eigenvalue weighted by molar-refractivity contribution is 0.0513. The van der Waals surface area contributed by atoms with Crippen LogP contribution in [0, 0.1) is 12.7 Å². The SMILES string of the molecule is CCNC(=NCc1ncc(C)s1)NCC1(c2cccc(F)c2)CCOCC1. The summed E-state index contributed by atoms with van der Waals surface area (Å²) < 4.78 is 19.4. The highest BCUT2D eigenvalue weighted by Gasteiger charge is 2.34. The van der Waals surface area contributed by atoms with E-state index >= 15 is 0 Å². The molecule has 1 fully saturated rings. The van der Waals surface area contributed by atoms with Crippen molar-refractivity contribution < 1.29 is 9.13 Å². The van der Waals surface area contributed by atoms with Crippen LogP contribution < -0.4 is 10.6 Å². The molecule has 0 atom stereocenters. The summed E-state index contributed by atoms with van der Waals surface area (Å²) in [7, 11) is 0. The third-order valence-electron chi connectivity index (χ3n) is 4.87. The van der Waals surface area contributed by atoms with E-state index in [0.717, 1.165) is 35.9 Å². The van der Waals surface area contributed by atoms with Crippen molar-refractivity contribution in [3.8, 4) is 0 Å². The molecule has 2 N–H and O–H groups in total. The van der Waals surface area contributed by atoms with E-state index in [9.17, 15) is 4.39 Å². The van der Waals surface area contributed by atoms with Crippen molar-refractivity contribution in [2.45, 2.75) is 38.6 Å². The molecule has 0 saturated carbocycles. The van der Waals surface area contributed by atoms with Crippen molar-refractivity contribution in [2.75, 3.05) is 26.3 Å². The Balaban J connectivity index is 1.73. The molecule has 146 valence electrons. The van der Waals surface area contributed by atoms with Crippen molar-refractivity contribution in [1.29, 1.82) is 0 Å². The molecule has 1 aromatic heterocycles. The first-order chi connectivity index (χ1) is 13.1. The first-order valence-corrected chi connectivity index (χ1v) is 10.2. The number of guanidine groups is 1. The summed E-state index contributed by atoms with van der Waals surface area (Å²) in [5.41, 5.74) is 0.860. The summed E-state index contributed by atoms with van der Waals surface area (Å²) >= 11 is 1.66. The molecule has 3 rings (SSSR count). The van der Waals surface area contributed by atoms with Crippen LogP contribution in [0.1, 0.15) is 35.2 Å². The minimum Gasteiger partial charge on any atom is -0.381 e. The van der Waals surface area contributed by atoms with Gasteiger partial charge < -0.3 is 15.4 Å². The van der Waals surface area contributed by atoms with Gasteiger partial charge in [0, 0.05) is 42.8 Å². The highest BCUT2D eigenvalue weighted by Crippen LogP contribution is 2.34. The summed E-state index contributed by atoms with van der Waals surface area (Å²) in [4.78, 5) is 10.2. The predicted octanol–water partition coefficient (Wildman–Crippen LogP) is 3.39. The van der Waals surface area contributed by atoms with Crippen LogP contribution in [0.15, 0.2) is 35.5 Å². The number of aromatic nitrogens is 1. The lowest BCUT2D eigenvalue weighted by atomic mass is 9.74. The molecule has 0 bridgehead atoms. The van der Waals surface area contributed by atoms with E-state index in [1.807, 2.05) is 26.1 Å². The monoisotopic (exact) mass is 390 g/mol. The standard InChI is InChI=1S/C20H27FN4OS/c1-3-22-19(24-13-18-23-12-15(2)27-18)25-14-20(7-9-26-10-8-20)16-5-4-6-17(21)11-16/h4-6,11-12H,3,7-10,13-14H2,1-2H3,(H2,22,24,25). The maximum atomic E-state index is 13.8. The Hall–Kier alpha value is -1.99. The van der Waals surface area contributed by atoms with Gasteiger partial charge in [0.05, 0.1) is 6.54 Å². The summed E-state index contributed by atoms with van der Waals surface area (Å²) in [5, 5.41) is 7.75. The number of hydrogen-bond acceptors (Lipinski definition) is 4. The molecule has 27 heavy (non-hydrogen) atoms. The number of nitrogens with one attached hydrogen (secondary N) is 2. The van der Waals surface area contributed by atoms with Crippen molar-refractivity contribution in [2.24, 2.45) is 4.99 Å². The van der Waals surface area contributed by atoms with E-state index < -0.39 is 0 Å². The number of halogens is 1. The summed E-state index contributed by atoms with van der Waals surface area (Å²) in [6.45, 7) is 7.46. The van der Waals surface area contributed by atoms with Gasteiger partial charge in [-0.05, 0) is 44.4 Å². The fraction of sp³-hybridized carbons (Fsp3) is 0.500. The van der Waals surface area contributed by atoms with Gasteiger partial charge in [-0.2, -0.15) is 0 Å². The van der Waals surface area contributed by atoms with Gasteiger partial charge in [0.15, 0.2) is 5.96 Å². The second-order valence-corrected chi connectivity index (χ2v) is 8.14. The van der Waals surface area contributed by atoms with E-state index in [0.29, 0.717) is 26.3 Å². The smallest absolute Gasteiger partial charge is 0.191 e. The van der Waals surface area contributed by atoms with Crippen LogP contribution in [0.25, 0.3) is 0 Å². The van der Waals surface area contributed by atoms with Crippen LogP contribution in [0.5, 0.6) is 0 Å². The predicted molar refractivity (Wildman–Crippen MR) is 108 cm³/mol. The molecule has 1 aliphatic rings. The molecule has 0 amide bonds. The fourth-order valence-corrected chi connectivity index (χ4v) is 4.08. The number of benzene rings is 1. The minimum absolute atomic E-state index is 0.158. The molecule has 5 nitrogen and oxygen atoms in total. The number of nitrogens with zero attached hydrogens (tertiary/aromatic N) is 2. The van der Waals surface area contributed by atoms with Crippen molar-refractivity contribution >= 4 is 17.3 Å². The number of aliphatic imine (C=N–C) groups is 1. The quantitative estimate of drug-likeness (QED) is 0.586. The lowest BCUT2D eigenvalue weighted by Gasteiger charge is -2.38. The Morgan fingerprint density at radius 1 is 1.33 bits per heavy atom. The van der Waals surface area contributed by atoms with Gasteiger partial charge in [-0.1, -0.05) is 12.1 Å². The topological polar surface area (TPSA) is 58.5 Å². The number of ether oxygens (including phenoxy) is 1. The Labute approximate surface area is 164 Å². The van der Waals surface area contributed by atoms with Crippen molar-refractivity contribution in [3.05, 3.63) is 51.7 Å². The minimum atomic E-state index is -0.196.